The highest BCUT2D eigenvalue weighted by Gasteiger charge is 2.24. The molecule has 8 nitrogen and oxygen atoms in total. The number of amides is 1. The van der Waals surface area contributed by atoms with Crippen molar-refractivity contribution in [3.63, 3.8) is 0 Å². The number of nitrogens with zero attached hydrogens (tertiary/aromatic N) is 3. The van der Waals surface area contributed by atoms with E-state index in [0.717, 1.165) is 37.2 Å². The fraction of sp³-hybridized carbons (Fsp3) is 0.273. The second-order valence-corrected chi connectivity index (χ2v) is 7.29. The molecule has 0 atom stereocenters. The minimum Gasteiger partial charge on any atom is -0.393 e. The molecule has 4 N–H and O–H groups in total. The van der Waals surface area contributed by atoms with Crippen LogP contribution in [0, 0.1) is 5.41 Å². The zero-order valence-corrected chi connectivity index (χ0v) is 16.9. The van der Waals surface area contributed by atoms with Crippen molar-refractivity contribution in [2.24, 2.45) is 0 Å². The van der Waals surface area contributed by atoms with Crippen LogP contribution in [0.15, 0.2) is 65.9 Å². The van der Waals surface area contributed by atoms with Crippen LogP contribution < -0.4 is 10.6 Å². The molecule has 4 rings (SSSR count). The van der Waals surface area contributed by atoms with Crippen molar-refractivity contribution in [1.29, 1.82) is 5.41 Å². The van der Waals surface area contributed by atoms with Crippen LogP contribution in [-0.2, 0) is 0 Å². The molecular formula is C22H25N7O. The largest absolute Gasteiger partial charge is 0.393 e. The van der Waals surface area contributed by atoms with Crippen molar-refractivity contribution in [3.05, 3.63) is 71.6 Å². The molecular weight excluding hydrogens is 378 g/mol. The minimum atomic E-state index is -0.285. The average molecular weight is 403 g/mol. The minimum absolute atomic E-state index is 0.285. The van der Waals surface area contributed by atoms with E-state index >= 15 is 0 Å². The third-order valence-electron chi connectivity index (χ3n) is 5.19. The SMILES string of the molecule is CN/C=C1/C=C(NC(=O)c2cccc(-c3cn[nH]c3)n2)C(N2CCCCC2)=CC1=N. The summed E-state index contributed by atoms with van der Waals surface area (Å²) in [5.74, 6) is -0.285. The van der Waals surface area contributed by atoms with Crippen molar-refractivity contribution >= 4 is 11.6 Å². The number of H-pyrrole nitrogens is 1. The molecule has 1 amide bonds. The highest BCUT2D eigenvalue weighted by atomic mass is 16.1. The molecule has 1 aliphatic heterocycles. The Morgan fingerprint density at radius 2 is 2.07 bits per heavy atom. The molecule has 0 saturated carbocycles. The first-order valence-corrected chi connectivity index (χ1v) is 10.1. The molecule has 154 valence electrons. The monoisotopic (exact) mass is 403 g/mol. The number of allylic oxidation sites excluding steroid dienone is 3. The lowest BCUT2D eigenvalue weighted by molar-refractivity contribution is 0.0959. The summed E-state index contributed by atoms with van der Waals surface area (Å²) in [6.07, 6.45) is 12.3. The molecule has 0 aromatic carbocycles. The van der Waals surface area contributed by atoms with Gasteiger partial charge in [-0.2, -0.15) is 5.10 Å². The topological polar surface area (TPSA) is 110 Å². The Hall–Kier alpha value is -3.68. The summed E-state index contributed by atoms with van der Waals surface area (Å²) in [4.78, 5) is 19.8. The number of rotatable bonds is 5. The number of carbonyl (C=O) groups excluding carboxylic acids is 1. The summed E-state index contributed by atoms with van der Waals surface area (Å²) in [7, 11) is 1.79. The number of aromatic nitrogens is 3. The summed E-state index contributed by atoms with van der Waals surface area (Å²) >= 11 is 0. The van der Waals surface area contributed by atoms with E-state index in [2.05, 4.69) is 30.7 Å². The number of nitrogens with one attached hydrogen (secondary N) is 4. The number of aromatic amines is 1. The molecule has 0 bridgehead atoms. The van der Waals surface area contributed by atoms with Gasteiger partial charge in [0.1, 0.15) is 5.69 Å². The Morgan fingerprint density at radius 1 is 1.23 bits per heavy atom. The van der Waals surface area contributed by atoms with Crippen molar-refractivity contribution in [2.45, 2.75) is 19.3 Å². The van der Waals surface area contributed by atoms with Gasteiger partial charge < -0.3 is 20.9 Å². The molecule has 8 heteroatoms. The van der Waals surface area contributed by atoms with E-state index in [-0.39, 0.29) is 5.91 Å². The van der Waals surface area contributed by atoms with Crippen molar-refractivity contribution in [1.82, 2.24) is 30.7 Å². The smallest absolute Gasteiger partial charge is 0.274 e. The van der Waals surface area contributed by atoms with E-state index in [1.54, 1.807) is 31.7 Å². The second kappa shape index (κ2) is 8.77. The summed E-state index contributed by atoms with van der Waals surface area (Å²) < 4.78 is 0. The Bertz CT molecular complexity index is 1030. The third-order valence-corrected chi connectivity index (χ3v) is 5.19. The Kier molecular flexibility index (Phi) is 5.74. The molecule has 2 aliphatic rings. The van der Waals surface area contributed by atoms with Gasteiger partial charge in [-0.3, -0.25) is 9.89 Å². The Morgan fingerprint density at radius 3 is 2.80 bits per heavy atom. The first-order valence-electron chi connectivity index (χ1n) is 10.1. The molecule has 0 radical (unpaired) electrons. The van der Waals surface area contributed by atoms with E-state index in [1.807, 2.05) is 24.3 Å². The lowest BCUT2D eigenvalue weighted by Gasteiger charge is -2.34. The standard InChI is InChI=1S/C22H25N7O/c1-24-12-15-10-20(21(11-17(15)23)29-8-3-2-4-9-29)28-22(30)19-7-5-6-18(27-19)16-13-25-26-14-16/h5-7,10-14,23-24H,2-4,8-9H2,1H3,(H,25,26)(H,28,30)/b15-12-,23-17?. The Labute approximate surface area is 175 Å². The predicted molar refractivity (Wildman–Crippen MR) is 116 cm³/mol. The van der Waals surface area contributed by atoms with Gasteiger partial charge in [0, 0.05) is 43.7 Å². The van der Waals surface area contributed by atoms with Gasteiger partial charge in [-0.15, -0.1) is 0 Å². The number of hydrogen-bond donors (Lipinski definition) is 4. The maximum Gasteiger partial charge on any atom is 0.274 e. The third kappa shape index (κ3) is 4.17. The molecule has 2 aromatic heterocycles. The van der Waals surface area contributed by atoms with Gasteiger partial charge >= 0.3 is 0 Å². The lowest BCUT2D eigenvalue weighted by Crippen LogP contribution is -2.36. The zero-order chi connectivity index (χ0) is 20.9. The van der Waals surface area contributed by atoms with Crippen LogP contribution in [-0.4, -0.2) is 51.8 Å². The summed E-state index contributed by atoms with van der Waals surface area (Å²) in [6, 6.07) is 5.34. The fourth-order valence-electron chi connectivity index (χ4n) is 3.68. The highest BCUT2D eigenvalue weighted by Crippen LogP contribution is 2.25. The molecule has 1 fully saturated rings. The summed E-state index contributed by atoms with van der Waals surface area (Å²) in [5, 5.41) is 21.0. The molecule has 1 saturated heterocycles. The van der Waals surface area contributed by atoms with Crippen molar-refractivity contribution in [3.8, 4) is 11.3 Å². The zero-order valence-electron chi connectivity index (χ0n) is 16.9. The van der Waals surface area contributed by atoms with Gasteiger partial charge in [0.2, 0.25) is 0 Å². The van der Waals surface area contributed by atoms with Crippen molar-refractivity contribution < 1.29 is 4.79 Å². The molecule has 0 spiro atoms. The average Bonchev–Trinajstić information content (AvgIpc) is 3.32. The van der Waals surface area contributed by atoms with E-state index in [1.165, 1.54) is 6.42 Å². The van der Waals surface area contributed by atoms with Crippen LogP contribution in [0.1, 0.15) is 29.8 Å². The van der Waals surface area contributed by atoms with E-state index in [0.29, 0.717) is 28.4 Å². The van der Waals surface area contributed by atoms with Gasteiger partial charge in [-0.1, -0.05) is 6.07 Å². The predicted octanol–water partition coefficient (Wildman–Crippen LogP) is 2.59. The highest BCUT2D eigenvalue weighted by molar-refractivity contribution is 6.10. The van der Waals surface area contributed by atoms with Crippen LogP contribution in [0.25, 0.3) is 11.3 Å². The van der Waals surface area contributed by atoms with Gasteiger partial charge in [0.05, 0.1) is 29.0 Å². The van der Waals surface area contributed by atoms with Crippen LogP contribution in [0.3, 0.4) is 0 Å². The van der Waals surface area contributed by atoms with Gasteiger partial charge in [-0.25, -0.2) is 4.98 Å². The van der Waals surface area contributed by atoms with Crippen LogP contribution >= 0.6 is 0 Å². The maximum atomic E-state index is 13.0. The van der Waals surface area contributed by atoms with Gasteiger partial charge in [-0.05, 0) is 43.5 Å². The molecule has 30 heavy (non-hydrogen) atoms. The van der Waals surface area contributed by atoms with E-state index in [9.17, 15) is 4.79 Å². The quantitative estimate of drug-likeness (QED) is 0.613. The number of likely N-dealkylation sites (tertiary alicyclic amines) is 1. The number of piperidine rings is 1. The van der Waals surface area contributed by atoms with E-state index < -0.39 is 0 Å². The first kappa shape index (κ1) is 19.6. The molecule has 3 heterocycles. The van der Waals surface area contributed by atoms with E-state index in [4.69, 9.17) is 5.41 Å². The number of hydrogen-bond acceptors (Lipinski definition) is 6. The van der Waals surface area contributed by atoms with Crippen LogP contribution in [0.4, 0.5) is 0 Å². The fourth-order valence-corrected chi connectivity index (χ4v) is 3.68. The summed E-state index contributed by atoms with van der Waals surface area (Å²) in [5.41, 5.74) is 4.53. The Balaban J connectivity index is 1.61. The van der Waals surface area contributed by atoms with Gasteiger partial charge in [0.25, 0.3) is 5.91 Å². The molecule has 2 aromatic rings. The normalized spacial score (nSPS) is 18.1. The van der Waals surface area contributed by atoms with Crippen LogP contribution in [0.2, 0.25) is 0 Å². The molecule has 0 unspecified atom stereocenters. The van der Waals surface area contributed by atoms with Gasteiger partial charge in [0.15, 0.2) is 0 Å². The van der Waals surface area contributed by atoms with Crippen LogP contribution in [0.5, 0.6) is 0 Å². The number of pyridine rings is 1. The number of carbonyl (C=O) groups is 1. The lowest BCUT2D eigenvalue weighted by atomic mass is 9.99. The molecule has 1 aliphatic carbocycles. The first-order chi connectivity index (χ1) is 14.7. The van der Waals surface area contributed by atoms with Crippen molar-refractivity contribution in [2.75, 3.05) is 20.1 Å². The second-order valence-electron chi connectivity index (χ2n) is 7.29. The summed E-state index contributed by atoms with van der Waals surface area (Å²) in [6.45, 7) is 1.84. The maximum absolute atomic E-state index is 13.0.